The van der Waals surface area contributed by atoms with Gasteiger partial charge in [0.1, 0.15) is 5.75 Å². The predicted octanol–water partition coefficient (Wildman–Crippen LogP) is 2.68. The van der Waals surface area contributed by atoms with Crippen LogP contribution in [0.4, 0.5) is 5.69 Å². The highest BCUT2D eigenvalue weighted by Gasteiger charge is 1.97. The average molecular weight is 177 g/mol. The molecule has 0 heterocycles. The van der Waals surface area contributed by atoms with Crippen LogP contribution in [0.2, 0.25) is 0 Å². The van der Waals surface area contributed by atoms with Gasteiger partial charge in [-0.15, -0.1) is 0 Å². The first-order valence-electron chi connectivity index (χ1n) is 4.36. The number of rotatable bonds is 4. The summed E-state index contributed by atoms with van der Waals surface area (Å²) in [6, 6.07) is 7.89. The highest BCUT2D eigenvalue weighted by atomic mass is 16.5. The molecule has 0 aromatic heterocycles. The molecule has 0 aliphatic heterocycles. The molecular formula is C11H15NO. The van der Waals surface area contributed by atoms with E-state index in [1.54, 1.807) is 7.11 Å². The summed E-state index contributed by atoms with van der Waals surface area (Å²) in [5, 5.41) is 3.25. The number of nitrogens with one attached hydrogen (secondary N) is 1. The van der Waals surface area contributed by atoms with Crippen molar-refractivity contribution < 1.29 is 4.74 Å². The smallest absolute Gasteiger partial charge is 0.141 e. The summed E-state index contributed by atoms with van der Waals surface area (Å²) >= 11 is 0. The number of para-hydroxylation sites is 2. The quantitative estimate of drug-likeness (QED) is 0.714. The molecule has 0 saturated carbocycles. The molecule has 0 aliphatic carbocycles. The highest BCUT2D eigenvalue weighted by Crippen LogP contribution is 2.22. The molecule has 1 N–H and O–H groups in total. The van der Waals surface area contributed by atoms with E-state index < -0.39 is 0 Å². The van der Waals surface area contributed by atoms with Gasteiger partial charge in [0.25, 0.3) is 0 Å². The first kappa shape index (κ1) is 9.65. The second-order valence-corrected chi connectivity index (χ2v) is 2.65. The molecule has 0 spiro atoms. The molecule has 0 amide bonds. The van der Waals surface area contributed by atoms with Crippen LogP contribution >= 0.6 is 0 Å². The van der Waals surface area contributed by atoms with Crippen molar-refractivity contribution in [3.63, 3.8) is 0 Å². The van der Waals surface area contributed by atoms with Gasteiger partial charge in [-0.2, -0.15) is 0 Å². The Hall–Kier alpha value is -1.44. The van der Waals surface area contributed by atoms with Gasteiger partial charge in [-0.05, 0) is 19.1 Å². The van der Waals surface area contributed by atoms with Crippen LogP contribution in [-0.2, 0) is 0 Å². The van der Waals surface area contributed by atoms with E-state index in [4.69, 9.17) is 4.74 Å². The van der Waals surface area contributed by atoms with Gasteiger partial charge in [-0.3, -0.25) is 0 Å². The molecule has 1 aromatic carbocycles. The molecular weight excluding hydrogens is 162 g/mol. The van der Waals surface area contributed by atoms with Gasteiger partial charge >= 0.3 is 0 Å². The Balaban J connectivity index is 2.64. The number of allylic oxidation sites excluding steroid dienone is 1. The largest absolute Gasteiger partial charge is 0.495 e. The summed E-state index contributed by atoms with van der Waals surface area (Å²) in [4.78, 5) is 0. The van der Waals surface area contributed by atoms with Crippen LogP contribution in [0.3, 0.4) is 0 Å². The summed E-state index contributed by atoms with van der Waals surface area (Å²) in [5.74, 6) is 0.881. The van der Waals surface area contributed by atoms with Crippen molar-refractivity contribution in [2.24, 2.45) is 0 Å². The van der Waals surface area contributed by atoms with Gasteiger partial charge in [0, 0.05) is 6.54 Å². The van der Waals surface area contributed by atoms with E-state index in [0.717, 1.165) is 18.0 Å². The Labute approximate surface area is 79.2 Å². The second-order valence-electron chi connectivity index (χ2n) is 2.65. The van der Waals surface area contributed by atoms with Crippen molar-refractivity contribution in [3.05, 3.63) is 36.4 Å². The van der Waals surface area contributed by atoms with E-state index in [9.17, 15) is 0 Å². The molecule has 1 rings (SSSR count). The Morgan fingerprint density at radius 3 is 2.85 bits per heavy atom. The summed E-state index contributed by atoms with van der Waals surface area (Å²) < 4.78 is 5.19. The van der Waals surface area contributed by atoms with Crippen LogP contribution in [0.1, 0.15) is 6.92 Å². The van der Waals surface area contributed by atoms with Crippen molar-refractivity contribution in [1.29, 1.82) is 0 Å². The third-order valence-corrected chi connectivity index (χ3v) is 1.75. The molecule has 2 nitrogen and oxygen atoms in total. The second kappa shape index (κ2) is 5.25. The van der Waals surface area contributed by atoms with Crippen molar-refractivity contribution in [1.82, 2.24) is 0 Å². The maximum Gasteiger partial charge on any atom is 0.141 e. The van der Waals surface area contributed by atoms with Gasteiger partial charge in [0.15, 0.2) is 0 Å². The van der Waals surface area contributed by atoms with E-state index in [1.807, 2.05) is 37.3 Å². The minimum Gasteiger partial charge on any atom is -0.495 e. The minimum absolute atomic E-state index is 0.830. The maximum atomic E-state index is 5.19. The minimum atomic E-state index is 0.830. The Morgan fingerprint density at radius 1 is 1.38 bits per heavy atom. The van der Waals surface area contributed by atoms with Gasteiger partial charge < -0.3 is 10.1 Å². The fraction of sp³-hybridized carbons (Fsp3) is 0.273. The van der Waals surface area contributed by atoms with E-state index in [-0.39, 0.29) is 0 Å². The van der Waals surface area contributed by atoms with E-state index in [2.05, 4.69) is 11.4 Å². The number of hydrogen-bond acceptors (Lipinski definition) is 2. The van der Waals surface area contributed by atoms with E-state index in [1.165, 1.54) is 0 Å². The van der Waals surface area contributed by atoms with Gasteiger partial charge in [0.2, 0.25) is 0 Å². The lowest BCUT2D eigenvalue weighted by Crippen LogP contribution is -1.99. The van der Waals surface area contributed by atoms with Crippen molar-refractivity contribution in [3.8, 4) is 5.75 Å². The zero-order chi connectivity index (χ0) is 9.52. The lowest BCUT2D eigenvalue weighted by molar-refractivity contribution is 0.416. The Morgan fingerprint density at radius 2 is 2.15 bits per heavy atom. The molecule has 2 heteroatoms. The summed E-state index contributed by atoms with van der Waals surface area (Å²) in [6.45, 7) is 2.83. The fourth-order valence-electron chi connectivity index (χ4n) is 1.08. The van der Waals surface area contributed by atoms with Gasteiger partial charge in [-0.1, -0.05) is 24.3 Å². The number of ether oxygens (including phenoxy) is 1. The Kier molecular flexibility index (Phi) is 3.89. The fourth-order valence-corrected chi connectivity index (χ4v) is 1.08. The van der Waals surface area contributed by atoms with E-state index >= 15 is 0 Å². The van der Waals surface area contributed by atoms with Crippen molar-refractivity contribution in [2.75, 3.05) is 19.0 Å². The monoisotopic (exact) mass is 177 g/mol. The summed E-state index contributed by atoms with van der Waals surface area (Å²) in [7, 11) is 1.68. The third-order valence-electron chi connectivity index (χ3n) is 1.75. The van der Waals surface area contributed by atoms with Crippen molar-refractivity contribution >= 4 is 5.69 Å². The lowest BCUT2D eigenvalue weighted by Gasteiger charge is -2.08. The molecule has 0 aliphatic rings. The lowest BCUT2D eigenvalue weighted by atomic mass is 10.3. The zero-order valence-corrected chi connectivity index (χ0v) is 8.08. The van der Waals surface area contributed by atoms with Crippen LogP contribution in [0.25, 0.3) is 0 Å². The Bertz CT molecular complexity index is 281. The maximum absolute atomic E-state index is 5.19. The van der Waals surface area contributed by atoms with Gasteiger partial charge in [0.05, 0.1) is 12.8 Å². The normalized spacial score (nSPS) is 10.3. The number of anilines is 1. The summed E-state index contributed by atoms with van der Waals surface area (Å²) in [5.41, 5.74) is 1.03. The van der Waals surface area contributed by atoms with Crippen LogP contribution in [-0.4, -0.2) is 13.7 Å². The average Bonchev–Trinajstić information content (AvgIpc) is 2.19. The molecule has 1 aromatic rings. The topological polar surface area (TPSA) is 21.3 Å². The summed E-state index contributed by atoms with van der Waals surface area (Å²) in [6.07, 6.45) is 4.08. The van der Waals surface area contributed by atoms with Gasteiger partial charge in [-0.25, -0.2) is 0 Å². The number of methoxy groups -OCH3 is 1. The first-order valence-corrected chi connectivity index (χ1v) is 4.36. The third kappa shape index (κ3) is 2.82. The van der Waals surface area contributed by atoms with Crippen LogP contribution in [0.15, 0.2) is 36.4 Å². The van der Waals surface area contributed by atoms with Crippen LogP contribution in [0.5, 0.6) is 5.75 Å². The number of hydrogen-bond donors (Lipinski definition) is 1. The van der Waals surface area contributed by atoms with Crippen LogP contribution < -0.4 is 10.1 Å². The van der Waals surface area contributed by atoms with Crippen molar-refractivity contribution in [2.45, 2.75) is 6.92 Å². The first-order chi connectivity index (χ1) is 6.38. The molecule has 0 saturated heterocycles. The van der Waals surface area contributed by atoms with E-state index in [0.29, 0.717) is 0 Å². The van der Waals surface area contributed by atoms with Crippen LogP contribution in [0, 0.1) is 0 Å². The molecule has 0 bridgehead atoms. The molecule has 13 heavy (non-hydrogen) atoms. The molecule has 0 atom stereocenters. The SMILES string of the molecule is C/C=C/CNc1ccccc1OC. The molecule has 70 valence electrons. The molecule has 0 fully saturated rings. The zero-order valence-electron chi connectivity index (χ0n) is 8.08. The predicted molar refractivity (Wildman–Crippen MR) is 56.3 cm³/mol. The number of benzene rings is 1. The highest BCUT2D eigenvalue weighted by molar-refractivity contribution is 5.56. The molecule has 0 unspecified atom stereocenters. The standard InChI is InChI=1S/C11H15NO/c1-3-4-9-12-10-7-5-6-8-11(10)13-2/h3-8,12H,9H2,1-2H3/b4-3+. The molecule has 0 radical (unpaired) electrons.